The molecule has 3 fully saturated rings. The minimum atomic E-state index is -4.95. The Bertz CT molecular complexity index is 1850. The number of cyclic esters (lactones) is 1. The van der Waals surface area contributed by atoms with E-state index in [9.17, 15) is 45.6 Å². The molecule has 1 aromatic rings. The summed E-state index contributed by atoms with van der Waals surface area (Å²) in [6, 6.07) is 1.78. The average molecular weight is 766 g/mol. The number of hydrogen-bond donors (Lipinski definition) is 3. The maximum Gasteiger partial charge on any atom is 0.410 e. The molecule has 0 unspecified atom stereocenters. The number of ether oxygens (including phenoxy) is 2. The van der Waals surface area contributed by atoms with Crippen molar-refractivity contribution in [2.75, 3.05) is 6.54 Å². The van der Waals surface area contributed by atoms with E-state index >= 15 is 0 Å². The number of alkyl carbamates (subject to hydrolysis) is 1. The normalized spacial score (nSPS) is 28.8. The summed E-state index contributed by atoms with van der Waals surface area (Å²) in [7, 11) is -4.02. The first kappa shape index (κ1) is 38.1. The summed E-state index contributed by atoms with van der Waals surface area (Å²) in [6.45, 7) is 6.68. The second-order valence-electron chi connectivity index (χ2n) is 14.9. The molecule has 3 heterocycles. The van der Waals surface area contributed by atoms with Gasteiger partial charge in [0.2, 0.25) is 21.8 Å². The molecule has 0 radical (unpaired) electrons. The van der Waals surface area contributed by atoms with E-state index < -0.39 is 99.6 Å². The highest BCUT2D eigenvalue weighted by Crippen LogP contribution is 2.45. The third-order valence-electron chi connectivity index (χ3n) is 10.2. The van der Waals surface area contributed by atoms with Crippen LogP contribution in [0.5, 0.6) is 0 Å². The molecule has 0 spiro atoms. The van der Waals surface area contributed by atoms with Gasteiger partial charge in [0.25, 0.3) is 5.91 Å². The van der Waals surface area contributed by atoms with Gasteiger partial charge in [0.05, 0.1) is 24.8 Å². The topological polar surface area (TPSA) is 181 Å². The van der Waals surface area contributed by atoms with Crippen molar-refractivity contribution in [3.63, 3.8) is 0 Å². The van der Waals surface area contributed by atoms with Crippen LogP contribution in [0.3, 0.4) is 0 Å². The van der Waals surface area contributed by atoms with Crippen LogP contribution in [0.2, 0.25) is 0 Å². The van der Waals surface area contributed by atoms with Crippen LogP contribution in [0, 0.1) is 5.92 Å². The van der Waals surface area contributed by atoms with Gasteiger partial charge in [0, 0.05) is 18.9 Å². The smallest absolute Gasteiger partial charge is 0.410 e. The van der Waals surface area contributed by atoms with Gasteiger partial charge in [-0.25, -0.2) is 18.0 Å². The number of nitrogens with zero attached hydrogens (tertiary/aromatic N) is 2. The maximum atomic E-state index is 14.0. The number of benzene rings is 1. The fourth-order valence-corrected chi connectivity index (χ4v) is 8.45. The van der Waals surface area contributed by atoms with Gasteiger partial charge in [-0.1, -0.05) is 36.4 Å². The molecule has 4 bridgehead atoms. The number of rotatable bonds is 7. The number of carbonyl (C=O) groups is 5. The van der Waals surface area contributed by atoms with E-state index in [2.05, 4.69) is 11.9 Å². The Morgan fingerprint density at radius 3 is 2.55 bits per heavy atom. The summed E-state index contributed by atoms with van der Waals surface area (Å²) in [6.07, 6.45) is -3.88. The van der Waals surface area contributed by atoms with Gasteiger partial charge < -0.3 is 25.0 Å². The highest BCUT2D eigenvalue weighted by atomic mass is 32.2. The number of allylic oxidation sites excluding steroid dienone is 1. The number of amides is 5. The van der Waals surface area contributed by atoms with Crippen LogP contribution in [0.4, 0.5) is 22.8 Å². The lowest BCUT2D eigenvalue weighted by Gasteiger charge is -2.31. The molecule has 2 aliphatic carbocycles. The van der Waals surface area contributed by atoms with Crippen LogP contribution in [-0.2, 0) is 47.0 Å². The number of halogens is 3. The third-order valence-corrected chi connectivity index (χ3v) is 12.1. The van der Waals surface area contributed by atoms with Crippen LogP contribution in [0.1, 0.15) is 75.5 Å². The third kappa shape index (κ3) is 8.47. The number of carbonyl (C=O) groups excluding carboxylic acids is 5. The molecule has 3 N–H and O–H groups in total. The van der Waals surface area contributed by atoms with Crippen molar-refractivity contribution in [2.24, 2.45) is 5.92 Å². The Labute approximate surface area is 304 Å². The van der Waals surface area contributed by atoms with Gasteiger partial charge in [-0.15, -0.1) is 6.58 Å². The molecule has 53 heavy (non-hydrogen) atoms. The number of alkyl halides is 3. The molecule has 2 saturated carbocycles. The van der Waals surface area contributed by atoms with Gasteiger partial charge >= 0.3 is 18.4 Å². The Morgan fingerprint density at radius 2 is 1.89 bits per heavy atom. The second kappa shape index (κ2) is 14.0. The number of fused-ring (bicyclic) bond motifs is 3. The zero-order valence-electron chi connectivity index (χ0n) is 29.2. The molecule has 0 aromatic heterocycles. The summed E-state index contributed by atoms with van der Waals surface area (Å²) in [5, 5.41) is 3.81. The van der Waals surface area contributed by atoms with Crippen LogP contribution < -0.4 is 15.4 Å². The Balaban J connectivity index is 1.30. The van der Waals surface area contributed by atoms with Crippen molar-refractivity contribution in [2.45, 2.75) is 113 Å². The Morgan fingerprint density at radius 1 is 1.15 bits per heavy atom. The van der Waals surface area contributed by atoms with Crippen molar-refractivity contribution in [3.05, 3.63) is 53.6 Å². The molecular weight excluding hydrogens is 723 g/mol. The van der Waals surface area contributed by atoms with E-state index in [1.807, 2.05) is 40.4 Å². The Kier molecular flexibility index (Phi) is 10.1. The minimum absolute atomic E-state index is 0.0279. The van der Waals surface area contributed by atoms with Crippen molar-refractivity contribution in [1.82, 2.24) is 25.2 Å². The zero-order valence-corrected chi connectivity index (χ0v) is 30.1. The molecular formula is C35H42F3N5O9S. The summed E-state index contributed by atoms with van der Waals surface area (Å²) in [4.78, 5) is 70.0. The molecule has 1 saturated heterocycles. The molecule has 1 aromatic carbocycles. The van der Waals surface area contributed by atoms with Gasteiger partial charge in [-0.3, -0.25) is 24.0 Å². The van der Waals surface area contributed by atoms with Crippen molar-refractivity contribution >= 4 is 46.0 Å². The quantitative estimate of drug-likeness (QED) is 0.351. The van der Waals surface area contributed by atoms with Crippen LogP contribution in [-0.4, -0.2) is 95.4 Å². The zero-order chi connectivity index (χ0) is 38.5. The SMILES string of the molecule is C=C[C@@H]1C[C@]1(NC(=O)[C@@H]1C[C@@H]2CN1C(=O)[C@H](CC(F)(F)F)NC(=O)OC(C)(C)CCC=Cc1cccc3c1CN(C3)C(=O)O2)C(=O)NS(=O)(=O)C1CC1. The summed E-state index contributed by atoms with van der Waals surface area (Å²) >= 11 is 0. The highest BCUT2D eigenvalue weighted by Gasteiger charge is 2.62. The molecule has 6 rings (SSSR count). The number of sulfonamides is 1. The first-order valence-electron chi connectivity index (χ1n) is 17.4. The van der Waals surface area contributed by atoms with E-state index in [1.165, 1.54) is 11.0 Å². The highest BCUT2D eigenvalue weighted by molar-refractivity contribution is 7.91. The fourth-order valence-electron chi connectivity index (χ4n) is 7.09. The standard InChI is InChI=1S/C35H42F3N5O9S/c1-4-22-15-34(22,30(46)41-53(49,50)24-11-12-24)40-28(44)27-14-23-18-43(27)29(45)26(16-35(36,37)38)39-31(47)52-33(2,3)13-6-5-8-20-9-7-10-21-17-42(19-25(20)21)32(48)51-23/h4-5,7-10,22-24,26-27H,1,6,11-19H2,2-3H3,(H,39,47)(H,40,44)(H,41,46)/t22-,23-,26+,27+,34-/m1/s1. The van der Waals surface area contributed by atoms with Gasteiger partial charge in [-0.05, 0) is 62.6 Å². The number of nitrogens with one attached hydrogen (secondary N) is 3. The lowest BCUT2D eigenvalue weighted by molar-refractivity contribution is -0.156. The van der Waals surface area contributed by atoms with Crippen LogP contribution >= 0.6 is 0 Å². The number of hydrogen-bond acceptors (Lipinski definition) is 9. The van der Waals surface area contributed by atoms with Crippen molar-refractivity contribution < 1.29 is 55.0 Å². The molecule has 14 nitrogen and oxygen atoms in total. The first-order chi connectivity index (χ1) is 24.8. The molecule has 5 atom stereocenters. The predicted octanol–water partition coefficient (Wildman–Crippen LogP) is 3.41. The summed E-state index contributed by atoms with van der Waals surface area (Å²) in [5.74, 6) is -4.01. The average Bonchev–Trinajstić information content (AvgIpc) is 3.95. The van der Waals surface area contributed by atoms with Gasteiger partial charge in [0.1, 0.15) is 29.3 Å². The van der Waals surface area contributed by atoms with E-state index in [1.54, 1.807) is 13.8 Å². The van der Waals surface area contributed by atoms with Crippen LogP contribution in [0.15, 0.2) is 36.9 Å². The predicted molar refractivity (Wildman–Crippen MR) is 182 cm³/mol. The van der Waals surface area contributed by atoms with Gasteiger partial charge in [-0.2, -0.15) is 13.2 Å². The monoisotopic (exact) mass is 765 g/mol. The fraction of sp³-hybridized carbons (Fsp3) is 0.571. The van der Waals surface area contributed by atoms with E-state index in [4.69, 9.17) is 9.47 Å². The molecule has 5 amide bonds. The van der Waals surface area contributed by atoms with E-state index in [-0.39, 0.29) is 32.4 Å². The Hall–Kier alpha value is -4.61. The lowest BCUT2D eigenvalue weighted by atomic mass is 10.00. The largest absolute Gasteiger partial charge is 0.444 e. The molecule has 3 aliphatic heterocycles. The minimum Gasteiger partial charge on any atom is -0.444 e. The lowest BCUT2D eigenvalue weighted by Crippen LogP contribution is -2.58. The van der Waals surface area contributed by atoms with E-state index in [0.717, 1.165) is 21.6 Å². The maximum absolute atomic E-state index is 14.0. The second-order valence-corrected chi connectivity index (χ2v) is 16.8. The summed E-state index contributed by atoms with van der Waals surface area (Å²) in [5.41, 5.74) is -0.298. The van der Waals surface area contributed by atoms with E-state index in [0.29, 0.717) is 19.3 Å². The molecule has 5 aliphatic rings. The van der Waals surface area contributed by atoms with Gasteiger partial charge in [0.15, 0.2) is 0 Å². The summed E-state index contributed by atoms with van der Waals surface area (Å²) < 4.78 is 80.1. The molecule has 18 heteroatoms. The van der Waals surface area contributed by atoms with Crippen molar-refractivity contribution in [1.29, 1.82) is 0 Å². The first-order valence-corrected chi connectivity index (χ1v) is 19.0. The van der Waals surface area contributed by atoms with Crippen molar-refractivity contribution in [3.8, 4) is 0 Å². The van der Waals surface area contributed by atoms with Crippen LogP contribution in [0.25, 0.3) is 6.08 Å². The molecule has 288 valence electrons.